The molecule has 89 heavy (non-hydrogen) atoms. The topological polar surface area (TPSA) is 237 Å². The van der Waals surface area contributed by atoms with Gasteiger partial charge in [0.25, 0.3) is 0 Å². The summed E-state index contributed by atoms with van der Waals surface area (Å²) in [7, 11) is -9.88. The maximum absolute atomic E-state index is 13.0. The molecular formula is C70H136O17P2. The van der Waals surface area contributed by atoms with Gasteiger partial charge in [0.1, 0.15) is 19.3 Å². The first-order valence-corrected chi connectivity index (χ1v) is 39.7. The Balaban J connectivity index is 5.07. The van der Waals surface area contributed by atoms with Gasteiger partial charge in [0.15, 0.2) is 12.2 Å². The van der Waals surface area contributed by atoms with Crippen molar-refractivity contribution in [2.75, 3.05) is 39.6 Å². The number of aliphatic hydroxyl groups excluding tert-OH is 1. The molecule has 0 rings (SSSR count). The smallest absolute Gasteiger partial charge is 0.462 e. The first kappa shape index (κ1) is 87.1. The zero-order chi connectivity index (χ0) is 65.6. The molecule has 0 spiro atoms. The highest BCUT2D eigenvalue weighted by atomic mass is 31.2. The van der Waals surface area contributed by atoms with Gasteiger partial charge in [-0.25, -0.2) is 9.13 Å². The third-order valence-electron chi connectivity index (χ3n) is 16.6. The average Bonchev–Trinajstić information content (AvgIpc) is 3.64. The van der Waals surface area contributed by atoms with Crippen LogP contribution in [-0.4, -0.2) is 96.7 Å². The average molecular weight is 1310 g/mol. The fourth-order valence-corrected chi connectivity index (χ4v) is 12.2. The normalized spacial score (nSPS) is 14.4. The molecule has 0 aromatic heterocycles. The van der Waals surface area contributed by atoms with Crippen molar-refractivity contribution in [3.05, 3.63) is 0 Å². The van der Waals surface area contributed by atoms with E-state index < -0.39 is 97.5 Å². The Kier molecular flexibility index (Phi) is 62.1. The second kappa shape index (κ2) is 63.5. The molecular weight excluding hydrogens is 1170 g/mol. The molecule has 0 saturated carbocycles. The van der Waals surface area contributed by atoms with Crippen LogP contribution in [0.4, 0.5) is 0 Å². The summed E-state index contributed by atoms with van der Waals surface area (Å²) >= 11 is 0. The number of rotatable bonds is 70. The lowest BCUT2D eigenvalue weighted by Gasteiger charge is -2.21. The molecule has 0 aromatic rings. The van der Waals surface area contributed by atoms with E-state index in [1.165, 1.54) is 167 Å². The molecule has 0 amide bonds. The number of phosphoric acid groups is 2. The van der Waals surface area contributed by atoms with Crippen molar-refractivity contribution in [1.29, 1.82) is 0 Å². The van der Waals surface area contributed by atoms with E-state index in [1.807, 2.05) is 0 Å². The van der Waals surface area contributed by atoms with Crippen LogP contribution in [0, 0.1) is 5.92 Å². The summed E-state index contributed by atoms with van der Waals surface area (Å²) in [4.78, 5) is 72.1. The fraction of sp³-hybridized carbons (Fsp3) is 0.943. The Morgan fingerprint density at radius 3 is 0.798 bits per heavy atom. The lowest BCUT2D eigenvalue weighted by Crippen LogP contribution is -2.30. The van der Waals surface area contributed by atoms with Crippen molar-refractivity contribution in [2.45, 2.75) is 380 Å². The summed E-state index contributed by atoms with van der Waals surface area (Å²) in [6, 6.07) is 0. The van der Waals surface area contributed by atoms with E-state index in [2.05, 4.69) is 34.6 Å². The van der Waals surface area contributed by atoms with Gasteiger partial charge in [0, 0.05) is 25.7 Å². The Morgan fingerprint density at radius 1 is 0.315 bits per heavy atom. The van der Waals surface area contributed by atoms with Crippen molar-refractivity contribution < 1.29 is 80.2 Å². The maximum atomic E-state index is 13.0. The Bertz CT molecular complexity index is 1720. The number of carbonyl (C=O) groups excluding carboxylic acids is 4. The van der Waals surface area contributed by atoms with Crippen molar-refractivity contribution in [2.24, 2.45) is 5.92 Å². The molecule has 528 valence electrons. The first-order chi connectivity index (χ1) is 43.1. The number of hydrogen-bond acceptors (Lipinski definition) is 15. The molecule has 0 bridgehead atoms. The maximum Gasteiger partial charge on any atom is 0.472 e. The van der Waals surface area contributed by atoms with E-state index >= 15 is 0 Å². The van der Waals surface area contributed by atoms with Gasteiger partial charge in [0.2, 0.25) is 0 Å². The second-order valence-electron chi connectivity index (χ2n) is 25.5. The van der Waals surface area contributed by atoms with Gasteiger partial charge in [0.05, 0.1) is 26.4 Å². The molecule has 17 nitrogen and oxygen atoms in total. The molecule has 0 fully saturated rings. The molecule has 3 N–H and O–H groups in total. The quantitative estimate of drug-likeness (QED) is 0.0222. The number of phosphoric ester groups is 2. The Morgan fingerprint density at radius 2 is 0.539 bits per heavy atom. The molecule has 0 radical (unpaired) electrons. The number of hydrogen-bond donors (Lipinski definition) is 3. The number of ether oxygens (including phenoxy) is 4. The summed E-state index contributed by atoms with van der Waals surface area (Å²) in [5.41, 5.74) is 0. The lowest BCUT2D eigenvalue weighted by molar-refractivity contribution is -0.161. The zero-order valence-corrected chi connectivity index (χ0v) is 59.4. The standard InChI is InChI=1S/C70H136O17P2/c1-6-10-13-16-18-19-20-21-26-30-33-36-40-44-49-54-68(73)81-60-66(87-70(75)56-51-46-41-37-34-31-28-25-23-22-24-27-29-32-35-39-43-47-52-63(5)9-4)62-85-89(78,79)83-58-64(71)57-82-88(76,77)84-61-65(59-80-67(72)53-48-42-15-12-8-3)86-69(74)55-50-45-38-17-14-11-7-2/h63-66,71H,6-62H2,1-5H3,(H,76,77)(H,78,79)/t63?,64-,65+,66+/m0/s1. The number of aliphatic hydroxyl groups is 1. The van der Waals surface area contributed by atoms with E-state index in [-0.39, 0.29) is 25.7 Å². The predicted molar refractivity (Wildman–Crippen MR) is 358 cm³/mol. The van der Waals surface area contributed by atoms with E-state index in [4.69, 9.17) is 37.0 Å². The van der Waals surface area contributed by atoms with Crippen LogP contribution in [0.2, 0.25) is 0 Å². The van der Waals surface area contributed by atoms with Crippen LogP contribution in [0.15, 0.2) is 0 Å². The molecule has 0 aliphatic carbocycles. The molecule has 0 heterocycles. The van der Waals surface area contributed by atoms with Gasteiger partial charge in [-0.3, -0.25) is 37.3 Å². The van der Waals surface area contributed by atoms with Gasteiger partial charge < -0.3 is 33.8 Å². The second-order valence-corrected chi connectivity index (χ2v) is 28.4. The van der Waals surface area contributed by atoms with E-state index in [0.29, 0.717) is 25.7 Å². The van der Waals surface area contributed by atoms with E-state index in [9.17, 15) is 43.2 Å². The predicted octanol–water partition coefficient (Wildman–Crippen LogP) is 20.1. The molecule has 6 atom stereocenters. The summed E-state index contributed by atoms with van der Waals surface area (Å²) < 4.78 is 67.9. The van der Waals surface area contributed by atoms with Gasteiger partial charge in [-0.15, -0.1) is 0 Å². The zero-order valence-electron chi connectivity index (χ0n) is 57.6. The van der Waals surface area contributed by atoms with Crippen LogP contribution in [-0.2, 0) is 65.4 Å². The van der Waals surface area contributed by atoms with Crippen LogP contribution < -0.4 is 0 Å². The van der Waals surface area contributed by atoms with Crippen LogP contribution >= 0.6 is 15.6 Å². The van der Waals surface area contributed by atoms with E-state index in [1.54, 1.807) is 0 Å². The molecule has 0 aromatic carbocycles. The van der Waals surface area contributed by atoms with Crippen LogP contribution in [0.1, 0.15) is 362 Å². The van der Waals surface area contributed by atoms with Crippen LogP contribution in [0.25, 0.3) is 0 Å². The largest absolute Gasteiger partial charge is 0.472 e. The van der Waals surface area contributed by atoms with E-state index in [0.717, 1.165) is 115 Å². The Hall–Kier alpha value is -1.94. The van der Waals surface area contributed by atoms with Crippen LogP contribution in [0.3, 0.4) is 0 Å². The van der Waals surface area contributed by atoms with Crippen molar-refractivity contribution >= 4 is 39.5 Å². The summed E-state index contributed by atoms with van der Waals surface area (Å²) in [5, 5.41) is 10.5. The molecule has 3 unspecified atom stereocenters. The minimum Gasteiger partial charge on any atom is -0.462 e. The minimum atomic E-state index is -4.95. The molecule has 0 saturated heterocycles. The highest BCUT2D eigenvalue weighted by molar-refractivity contribution is 7.47. The molecule has 19 heteroatoms. The molecule has 0 aliphatic heterocycles. The van der Waals surface area contributed by atoms with Crippen molar-refractivity contribution in [3.63, 3.8) is 0 Å². The summed E-state index contributed by atoms with van der Waals surface area (Å²) in [6.45, 7) is 7.18. The van der Waals surface area contributed by atoms with Gasteiger partial charge in [-0.2, -0.15) is 0 Å². The Labute approximate surface area is 543 Å². The summed E-state index contributed by atoms with van der Waals surface area (Å²) in [5.74, 6) is -1.27. The van der Waals surface area contributed by atoms with Crippen molar-refractivity contribution in [3.8, 4) is 0 Å². The summed E-state index contributed by atoms with van der Waals surface area (Å²) in [6.07, 6.45) is 50.6. The third-order valence-corrected chi connectivity index (χ3v) is 18.5. The highest BCUT2D eigenvalue weighted by Crippen LogP contribution is 2.45. The number of esters is 4. The van der Waals surface area contributed by atoms with Gasteiger partial charge in [-0.05, 0) is 31.6 Å². The first-order valence-electron chi connectivity index (χ1n) is 36.7. The highest BCUT2D eigenvalue weighted by Gasteiger charge is 2.30. The van der Waals surface area contributed by atoms with Gasteiger partial charge >= 0.3 is 39.5 Å². The SMILES string of the molecule is CCCCCCCCCCCCCCCCCC(=O)OC[C@H](COP(=O)(O)OC[C@@H](O)COP(=O)(O)OC[C@@H](COC(=O)CCCCCCC)OC(=O)CCCCCCCCC)OC(=O)CCCCCCCCCCCCCCCCCCCCC(C)CC. The van der Waals surface area contributed by atoms with Crippen molar-refractivity contribution in [1.82, 2.24) is 0 Å². The molecule has 0 aliphatic rings. The number of unbranched alkanes of at least 4 members (excludes halogenated alkanes) is 41. The lowest BCUT2D eigenvalue weighted by atomic mass is 9.99. The monoisotopic (exact) mass is 1310 g/mol. The number of carbonyl (C=O) groups is 4. The van der Waals surface area contributed by atoms with Crippen LogP contribution in [0.5, 0.6) is 0 Å². The van der Waals surface area contributed by atoms with Gasteiger partial charge in [-0.1, -0.05) is 311 Å². The minimum absolute atomic E-state index is 0.103. The third kappa shape index (κ3) is 63.2. The fourth-order valence-electron chi connectivity index (χ4n) is 10.6.